The van der Waals surface area contributed by atoms with Gasteiger partial charge in [-0.15, -0.1) is 10.2 Å². The van der Waals surface area contributed by atoms with E-state index in [0.717, 1.165) is 16.3 Å². The van der Waals surface area contributed by atoms with E-state index < -0.39 is 0 Å². The highest BCUT2D eigenvalue weighted by Crippen LogP contribution is 2.34. The third-order valence-electron chi connectivity index (χ3n) is 5.58. The zero-order valence-corrected chi connectivity index (χ0v) is 19.3. The number of carbonyl (C=O) groups excluding carboxylic acids is 2. The number of para-hydroxylation sites is 2. The molecular formula is C26H22N4O3S. The molecule has 0 aliphatic carbocycles. The van der Waals surface area contributed by atoms with Gasteiger partial charge in [-0.05, 0) is 43.3 Å². The van der Waals surface area contributed by atoms with Crippen molar-refractivity contribution in [3.63, 3.8) is 0 Å². The number of rotatable bonds is 6. The van der Waals surface area contributed by atoms with Crippen molar-refractivity contribution >= 4 is 34.0 Å². The first-order valence-corrected chi connectivity index (χ1v) is 11.7. The number of amides is 2. The summed E-state index contributed by atoms with van der Waals surface area (Å²) in [6, 6.07) is 24.2. The Morgan fingerprint density at radius 3 is 2.53 bits per heavy atom. The van der Waals surface area contributed by atoms with E-state index in [9.17, 15) is 9.59 Å². The predicted octanol–water partition coefficient (Wildman–Crippen LogP) is 5.41. The fraction of sp³-hybridized carbons (Fsp3) is 0.154. The van der Waals surface area contributed by atoms with Gasteiger partial charge in [0.15, 0.2) is 0 Å². The van der Waals surface area contributed by atoms with Crippen LogP contribution >= 0.6 is 11.3 Å². The van der Waals surface area contributed by atoms with Gasteiger partial charge < -0.3 is 9.64 Å². The van der Waals surface area contributed by atoms with Gasteiger partial charge in [0.25, 0.3) is 5.91 Å². The van der Waals surface area contributed by atoms with Crippen molar-refractivity contribution in [2.75, 3.05) is 16.8 Å². The molecule has 8 heteroatoms. The molecule has 0 bridgehead atoms. The summed E-state index contributed by atoms with van der Waals surface area (Å²) < 4.78 is 5.89. The molecule has 0 radical (unpaired) electrons. The van der Waals surface area contributed by atoms with Gasteiger partial charge in [0.05, 0.1) is 5.56 Å². The van der Waals surface area contributed by atoms with E-state index in [4.69, 9.17) is 4.74 Å². The maximum absolute atomic E-state index is 13.0. The molecule has 1 fully saturated rings. The number of benzene rings is 3. The normalized spacial score (nSPS) is 15.4. The first kappa shape index (κ1) is 21.8. The molecule has 1 unspecified atom stereocenters. The monoisotopic (exact) mass is 470 g/mol. The van der Waals surface area contributed by atoms with Crippen molar-refractivity contribution in [3.05, 3.63) is 95.0 Å². The van der Waals surface area contributed by atoms with Crippen molar-refractivity contribution in [1.29, 1.82) is 0 Å². The van der Waals surface area contributed by atoms with E-state index in [1.54, 1.807) is 23.1 Å². The molecule has 0 spiro atoms. The Bertz CT molecular complexity index is 1320. The van der Waals surface area contributed by atoms with Crippen molar-refractivity contribution in [2.45, 2.75) is 19.3 Å². The molecule has 34 heavy (non-hydrogen) atoms. The van der Waals surface area contributed by atoms with Crippen LogP contribution in [0.15, 0.2) is 78.9 Å². The Hall–Kier alpha value is -4.04. The van der Waals surface area contributed by atoms with E-state index in [1.807, 2.05) is 67.6 Å². The number of hydrogen-bond donors (Lipinski definition) is 1. The highest BCUT2D eigenvalue weighted by molar-refractivity contribution is 7.15. The Labute approximate surface area is 201 Å². The molecule has 2 amide bonds. The lowest BCUT2D eigenvalue weighted by atomic mass is 10.1. The van der Waals surface area contributed by atoms with Crippen LogP contribution in [0.2, 0.25) is 0 Å². The quantitative estimate of drug-likeness (QED) is 0.407. The lowest BCUT2D eigenvalue weighted by Crippen LogP contribution is -2.24. The Kier molecular flexibility index (Phi) is 6.05. The molecule has 1 aromatic heterocycles. The second-order valence-electron chi connectivity index (χ2n) is 8.05. The van der Waals surface area contributed by atoms with Gasteiger partial charge in [-0.3, -0.25) is 14.9 Å². The molecule has 2 heterocycles. The van der Waals surface area contributed by atoms with Crippen LogP contribution in [-0.2, 0) is 4.79 Å². The number of nitrogens with zero attached hydrogens (tertiary/aromatic N) is 3. The SMILES string of the molecule is Cc1ccc(N2CC(c3nnc(NC(=O)c4ccccc4Oc4ccccc4)s3)CC2=O)cc1. The summed E-state index contributed by atoms with van der Waals surface area (Å²) in [6.45, 7) is 2.56. The zero-order chi connectivity index (χ0) is 23.5. The molecule has 1 saturated heterocycles. The van der Waals surface area contributed by atoms with Crippen molar-refractivity contribution in [2.24, 2.45) is 0 Å². The maximum atomic E-state index is 13.0. The largest absolute Gasteiger partial charge is 0.457 e. The Morgan fingerprint density at radius 1 is 1.00 bits per heavy atom. The van der Waals surface area contributed by atoms with Crippen molar-refractivity contribution < 1.29 is 14.3 Å². The summed E-state index contributed by atoms with van der Waals surface area (Å²) in [4.78, 5) is 27.3. The van der Waals surface area contributed by atoms with E-state index in [-0.39, 0.29) is 17.7 Å². The van der Waals surface area contributed by atoms with Gasteiger partial charge in [-0.25, -0.2) is 0 Å². The second-order valence-corrected chi connectivity index (χ2v) is 9.06. The number of anilines is 2. The van der Waals surface area contributed by atoms with Crippen LogP contribution < -0.4 is 15.0 Å². The highest BCUT2D eigenvalue weighted by atomic mass is 32.1. The van der Waals surface area contributed by atoms with Crippen molar-refractivity contribution in [1.82, 2.24) is 10.2 Å². The standard InChI is InChI=1S/C26H22N4O3S/c1-17-11-13-19(14-12-17)30-16-18(15-23(30)31)25-28-29-26(34-25)27-24(32)21-9-5-6-10-22(21)33-20-7-3-2-4-8-20/h2-14,18H,15-16H2,1H3,(H,27,29,32). The van der Waals surface area contributed by atoms with Gasteiger partial charge in [0.1, 0.15) is 16.5 Å². The van der Waals surface area contributed by atoms with E-state index >= 15 is 0 Å². The zero-order valence-electron chi connectivity index (χ0n) is 18.5. The average molecular weight is 471 g/mol. The first-order valence-electron chi connectivity index (χ1n) is 10.9. The third-order valence-corrected chi connectivity index (χ3v) is 6.58. The van der Waals surface area contributed by atoms with E-state index in [2.05, 4.69) is 15.5 Å². The number of aryl methyl sites for hydroxylation is 1. The number of aromatic nitrogens is 2. The summed E-state index contributed by atoms with van der Waals surface area (Å²) in [5, 5.41) is 12.3. The minimum absolute atomic E-state index is 0.0571. The molecule has 170 valence electrons. The molecular weight excluding hydrogens is 448 g/mol. The third kappa shape index (κ3) is 4.67. The maximum Gasteiger partial charge on any atom is 0.261 e. The Balaban J connectivity index is 1.28. The van der Waals surface area contributed by atoms with Crippen LogP contribution in [0.4, 0.5) is 10.8 Å². The Morgan fingerprint density at radius 2 is 1.74 bits per heavy atom. The van der Waals surface area contributed by atoms with Gasteiger partial charge >= 0.3 is 0 Å². The van der Waals surface area contributed by atoms with Gasteiger partial charge in [0, 0.05) is 24.6 Å². The van der Waals surface area contributed by atoms with Gasteiger partial charge in [-0.1, -0.05) is 59.4 Å². The average Bonchev–Trinajstić information content (AvgIpc) is 3.47. The topological polar surface area (TPSA) is 84.4 Å². The highest BCUT2D eigenvalue weighted by Gasteiger charge is 2.34. The molecule has 4 aromatic rings. The van der Waals surface area contributed by atoms with Crippen LogP contribution in [0, 0.1) is 6.92 Å². The van der Waals surface area contributed by atoms with Gasteiger partial charge in [0.2, 0.25) is 11.0 Å². The fourth-order valence-corrected chi connectivity index (χ4v) is 4.65. The number of ether oxygens (including phenoxy) is 1. The molecule has 1 N–H and O–H groups in total. The van der Waals surface area contributed by atoms with Crippen molar-refractivity contribution in [3.8, 4) is 11.5 Å². The van der Waals surface area contributed by atoms with E-state index in [0.29, 0.717) is 35.2 Å². The number of hydrogen-bond acceptors (Lipinski definition) is 6. The molecule has 3 aromatic carbocycles. The van der Waals surface area contributed by atoms with Crippen LogP contribution in [-0.4, -0.2) is 28.6 Å². The fourth-order valence-electron chi connectivity index (χ4n) is 3.82. The predicted molar refractivity (Wildman–Crippen MR) is 132 cm³/mol. The molecule has 7 nitrogen and oxygen atoms in total. The lowest BCUT2D eigenvalue weighted by Gasteiger charge is -2.16. The van der Waals surface area contributed by atoms with Crippen LogP contribution in [0.3, 0.4) is 0 Å². The molecule has 1 aliphatic heterocycles. The van der Waals surface area contributed by atoms with Crippen LogP contribution in [0.1, 0.15) is 33.3 Å². The molecule has 1 atom stereocenters. The minimum Gasteiger partial charge on any atom is -0.457 e. The smallest absolute Gasteiger partial charge is 0.261 e. The summed E-state index contributed by atoms with van der Waals surface area (Å²) in [6.07, 6.45) is 0.365. The first-order chi connectivity index (χ1) is 16.6. The van der Waals surface area contributed by atoms with Gasteiger partial charge in [-0.2, -0.15) is 0 Å². The number of carbonyl (C=O) groups is 2. The van der Waals surface area contributed by atoms with Crippen LogP contribution in [0.25, 0.3) is 0 Å². The van der Waals surface area contributed by atoms with Crippen LogP contribution in [0.5, 0.6) is 11.5 Å². The number of nitrogens with one attached hydrogen (secondary N) is 1. The minimum atomic E-state index is -0.335. The molecule has 0 saturated carbocycles. The molecule has 1 aliphatic rings. The summed E-state index contributed by atoms with van der Waals surface area (Å²) >= 11 is 1.29. The second kappa shape index (κ2) is 9.44. The van der Waals surface area contributed by atoms with E-state index in [1.165, 1.54) is 11.3 Å². The lowest BCUT2D eigenvalue weighted by molar-refractivity contribution is -0.117. The summed E-state index contributed by atoms with van der Waals surface area (Å²) in [5.41, 5.74) is 2.42. The molecule has 5 rings (SSSR count). The summed E-state index contributed by atoms with van der Waals surface area (Å²) in [7, 11) is 0. The summed E-state index contributed by atoms with van der Waals surface area (Å²) in [5.74, 6) is 0.751.